The number of hydrogen-bond acceptors (Lipinski definition) is 5. The van der Waals surface area contributed by atoms with Crippen LogP contribution in [0.4, 0.5) is 0 Å². The van der Waals surface area contributed by atoms with E-state index < -0.39 is 12.6 Å². The Hall–Kier alpha value is -0.200. The van der Waals surface area contributed by atoms with Crippen molar-refractivity contribution in [2.75, 3.05) is 14.1 Å². The molecule has 0 aromatic carbocycles. The second-order valence-electron chi connectivity index (χ2n) is 2.61. The van der Waals surface area contributed by atoms with E-state index in [-0.39, 0.29) is 6.04 Å². The van der Waals surface area contributed by atoms with Gasteiger partial charge in [0.05, 0.1) is 0 Å². The van der Waals surface area contributed by atoms with E-state index in [4.69, 9.17) is 5.11 Å². The SMILES string of the molecule is CC[C@H](NC(O)NC)C(O)NC. The molecule has 74 valence electrons. The average molecular weight is 177 g/mol. The van der Waals surface area contributed by atoms with Crippen molar-refractivity contribution >= 4 is 0 Å². The van der Waals surface area contributed by atoms with Crippen molar-refractivity contribution in [3.63, 3.8) is 0 Å². The molecule has 0 aromatic heterocycles. The Morgan fingerprint density at radius 1 is 1.17 bits per heavy atom. The van der Waals surface area contributed by atoms with Crippen LogP contribution in [0.1, 0.15) is 13.3 Å². The molecule has 0 aliphatic rings. The monoisotopic (exact) mass is 177 g/mol. The molecule has 0 radical (unpaired) electrons. The third kappa shape index (κ3) is 3.99. The van der Waals surface area contributed by atoms with Gasteiger partial charge in [0, 0.05) is 6.04 Å². The Morgan fingerprint density at radius 2 is 1.75 bits per heavy atom. The van der Waals surface area contributed by atoms with Gasteiger partial charge >= 0.3 is 0 Å². The maximum absolute atomic E-state index is 9.35. The van der Waals surface area contributed by atoms with E-state index in [1.807, 2.05) is 6.92 Å². The number of aliphatic hydroxyl groups excluding tert-OH is 2. The first-order chi connectivity index (χ1) is 5.65. The van der Waals surface area contributed by atoms with Crippen molar-refractivity contribution in [2.45, 2.75) is 32.0 Å². The predicted octanol–water partition coefficient (Wildman–Crippen LogP) is -1.61. The van der Waals surface area contributed by atoms with Crippen molar-refractivity contribution in [3.05, 3.63) is 0 Å². The zero-order valence-corrected chi connectivity index (χ0v) is 7.83. The van der Waals surface area contributed by atoms with Gasteiger partial charge in [-0.3, -0.25) is 16.0 Å². The third-order valence-electron chi connectivity index (χ3n) is 1.76. The quantitative estimate of drug-likeness (QED) is 0.316. The summed E-state index contributed by atoms with van der Waals surface area (Å²) in [5.74, 6) is 0. The highest BCUT2D eigenvalue weighted by Gasteiger charge is 2.16. The molecule has 0 fully saturated rings. The molecule has 0 bridgehead atoms. The number of hydrogen-bond donors (Lipinski definition) is 5. The van der Waals surface area contributed by atoms with Gasteiger partial charge in [0.25, 0.3) is 0 Å². The molecular formula is C7H19N3O2. The molecule has 0 saturated carbocycles. The zero-order chi connectivity index (χ0) is 9.56. The molecule has 0 saturated heterocycles. The van der Waals surface area contributed by atoms with E-state index in [0.29, 0.717) is 0 Å². The van der Waals surface area contributed by atoms with Crippen LogP contribution >= 0.6 is 0 Å². The van der Waals surface area contributed by atoms with Crippen LogP contribution in [0.15, 0.2) is 0 Å². The first-order valence-corrected chi connectivity index (χ1v) is 4.12. The lowest BCUT2D eigenvalue weighted by Gasteiger charge is -2.25. The summed E-state index contributed by atoms with van der Waals surface area (Å²) in [4.78, 5) is 0. The summed E-state index contributed by atoms with van der Waals surface area (Å²) in [5.41, 5.74) is 0. The van der Waals surface area contributed by atoms with E-state index in [1.165, 1.54) is 0 Å². The molecule has 0 rings (SSSR count). The van der Waals surface area contributed by atoms with Crippen LogP contribution < -0.4 is 16.0 Å². The summed E-state index contributed by atoms with van der Waals surface area (Å²) >= 11 is 0. The molecule has 5 nitrogen and oxygen atoms in total. The van der Waals surface area contributed by atoms with Crippen LogP contribution in [-0.4, -0.2) is 42.9 Å². The maximum Gasteiger partial charge on any atom is 0.160 e. The second-order valence-corrected chi connectivity index (χ2v) is 2.61. The van der Waals surface area contributed by atoms with Crippen LogP contribution in [0, 0.1) is 0 Å². The standard InChI is InChI=1S/C7H19N3O2/c1-4-5(6(11)8-2)10-7(12)9-3/h5-12H,4H2,1-3H3/t5-,6?,7?/m0/s1. The fourth-order valence-corrected chi connectivity index (χ4v) is 0.920. The van der Waals surface area contributed by atoms with Crippen LogP contribution in [0.3, 0.4) is 0 Å². The third-order valence-corrected chi connectivity index (χ3v) is 1.76. The van der Waals surface area contributed by atoms with Crippen LogP contribution in [0.25, 0.3) is 0 Å². The van der Waals surface area contributed by atoms with Gasteiger partial charge in [-0.05, 0) is 20.5 Å². The van der Waals surface area contributed by atoms with Gasteiger partial charge in [0.15, 0.2) is 6.35 Å². The number of rotatable bonds is 6. The molecule has 0 amide bonds. The van der Waals surface area contributed by atoms with E-state index in [1.54, 1.807) is 14.1 Å². The Labute approximate surface area is 73.2 Å². The van der Waals surface area contributed by atoms with Gasteiger partial charge in [0.1, 0.15) is 6.23 Å². The first kappa shape index (κ1) is 11.8. The van der Waals surface area contributed by atoms with E-state index in [0.717, 1.165) is 6.42 Å². The molecule has 3 atom stereocenters. The highest BCUT2D eigenvalue weighted by atomic mass is 16.3. The highest BCUT2D eigenvalue weighted by molar-refractivity contribution is 4.71. The van der Waals surface area contributed by atoms with Gasteiger partial charge in [-0.25, -0.2) is 0 Å². The van der Waals surface area contributed by atoms with Gasteiger partial charge in [-0.2, -0.15) is 0 Å². The Bertz CT molecular complexity index is 113. The highest BCUT2D eigenvalue weighted by Crippen LogP contribution is 1.95. The molecule has 0 aliphatic carbocycles. The van der Waals surface area contributed by atoms with Crippen molar-refractivity contribution < 1.29 is 10.2 Å². The van der Waals surface area contributed by atoms with Crippen molar-refractivity contribution in [1.29, 1.82) is 0 Å². The second kappa shape index (κ2) is 6.33. The van der Waals surface area contributed by atoms with E-state index in [9.17, 15) is 5.11 Å². The molecule has 12 heavy (non-hydrogen) atoms. The van der Waals surface area contributed by atoms with Gasteiger partial charge in [-0.15, -0.1) is 0 Å². The number of likely N-dealkylation sites (N-methyl/N-ethyl adjacent to an activating group) is 1. The lowest BCUT2D eigenvalue weighted by molar-refractivity contribution is 0.0388. The first-order valence-electron chi connectivity index (χ1n) is 4.12. The molecule has 5 N–H and O–H groups in total. The summed E-state index contributed by atoms with van der Waals surface area (Å²) in [6.45, 7) is 1.93. The molecule has 0 aliphatic heterocycles. The lowest BCUT2D eigenvalue weighted by atomic mass is 10.2. The van der Waals surface area contributed by atoms with E-state index in [2.05, 4.69) is 16.0 Å². The topological polar surface area (TPSA) is 76.5 Å². The molecule has 0 spiro atoms. The molecule has 2 unspecified atom stereocenters. The van der Waals surface area contributed by atoms with Crippen LogP contribution in [0.5, 0.6) is 0 Å². The normalized spacial score (nSPS) is 18.8. The summed E-state index contributed by atoms with van der Waals surface area (Å²) in [6.07, 6.45) is -0.684. The van der Waals surface area contributed by atoms with Crippen molar-refractivity contribution in [3.8, 4) is 0 Å². The maximum atomic E-state index is 9.35. The fourth-order valence-electron chi connectivity index (χ4n) is 0.920. The fraction of sp³-hybridized carbons (Fsp3) is 1.00. The van der Waals surface area contributed by atoms with Crippen LogP contribution in [0.2, 0.25) is 0 Å². The average Bonchev–Trinajstić information content (AvgIpc) is 2.12. The van der Waals surface area contributed by atoms with Crippen molar-refractivity contribution in [1.82, 2.24) is 16.0 Å². The minimum Gasteiger partial charge on any atom is -0.377 e. The summed E-state index contributed by atoms with van der Waals surface area (Å²) < 4.78 is 0. The van der Waals surface area contributed by atoms with Crippen molar-refractivity contribution in [2.24, 2.45) is 0 Å². The van der Waals surface area contributed by atoms with Gasteiger partial charge in [0.2, 0.25) is 0 Å². The minimum absolute atomic E-state index is 0.155. The summed E-state index contributed by atoms with van der Waals surface area (Å²) in [6, 6.07) is -0.155. The van der Waals surface area contributed by atoms with Gasteiger partial charge in [-0.1, -0.05) is 6.92 Å². The van der Waals surface area contributed by atoms with E-state index >= 15 is 0 Å². The molecular weight excluding hydrogens is 158 g/mol. The number of nitrogens with one attached hydrogen (secondary N) is 3. The Kier molecular flexibility index (Phi) is 6.23. The smallest absolute Gasteiger partial charge is 0.160 e. The summed E-state index contributed by atoms with van der Waals surface area (Å²) in [7, 11) is 3.30. The van der Waals surface area contributed by atoms with Gasteiger partial charge < -0.3 is 10.2 Å². The molecule has 0 aromatic rings. The molecule has 5 heteroatoms. The molecule has 0 heterocycles. The Morgan fingerprint density at radius 3 is 2.08 bits per heavy atom. The lowest BCUT2D eigenvalue weighted by Crippen LogP contribution is -2.53. The predicted molar refractivity (Wildman–Crippen MR) is 47.3 cm³/mol. The summed E-state index contributed by atoms with van der Waals surface area (Å²) in [5, 5.41) is 26.6. The minimum atomic E-state index is -0.780. The largest absolute Gasteiger partial charge is 0.377 e. The number of aliphatic hydroxyl groups is 2. The Balaban J connectivity index is 3.81. The van der Waals surface area contributed by atoms with Crippen LogP contribution in [-0.2, 0) is 0 Å². The zero-order valence-electron chi connectivity index (χ0n) is 7.83.